The van der Waals surface area contributed by atoms with Crippen molar-refractivity contribution in [2.45, 2.75) is 6.92 Å². The normalized spacial score (nSPS) is 13.9. The molecule has 0 unspecified atom stereocenters. The Morgan fingerprint density at radius 1 is 0.969 bits per heavy atom. The van der Waals surface area contributed by atoms with Crippen LogP contribution >= 0.6 is 0 Å². The van der Waals surface area contributed by atoms with Gasteiger partial charge in [-0.15, -0.1) is 0 Å². The minimum Gasteiger partial charge on any atom is -0.459 e. The fourth-order valence-electron chi connectivity index (χ4n) is 2.87. The van der Waals surface area contributed by atoms with Crippen molar-refractivity contribution < 1.29 is 28.6 Å². The van der Waals surface area contributed by atoms with Crippen molar-refractivity contribution in [3.63, 3.8) is 0 Å². The molecule has 0 N–H and O–H groups in total. The van der Waals surface area contributed by atoms with Gasteiger partial charge in [-0.3, -0.25) is 4.79 Å². The quantitative estimate of drug-likeness (QED) is 0.156. The highest BCUT2D eigenvalue weighted by atomic mass is 16.6. The molecular weight excluding hydrogens is 410 g/mol. The number of benzene rings is 2. The molecular formula is C25H23NO6. The van der Waals surface area contributed by atoms with E-state index in [0.717, 1.165) is 5.69 Å². The predicted molar refractivity (Wildman–Crippen MR) is 119 cm³/mol. The number of nitrogens with zero attached hydrogens (tertiary/aromatic N) is 1. The molecule has 0 aliphatic carbocycles. The lowest BCUT2D eigenvalue weighted by molar-refractivity contribution is -0.147. The Morgan fingerprint density at radius 3 is 2.25 bits per heavy atom. The van der Waals surface area contributed by atoms with Crippen LogP contribution in [0, 0.1) is 0 Å². The third-order valence-corrected chi connectivity index (χ3v) is 4.56. The predicted octanol–water partition coefficient (Wildman–Crippen LogP) is 3.83. The summed E-state index contributed by atoms with van der Waals surface area (Å²) in [4.78, 5) is 38.9. The summed E-state index contributed by atoms with van der Waals surface area (Å²) in [6.45, 7) is 4.65. The second kappa shape index (κ2) is 10.3. The van der Waals surface area contributed by atoms with Gasteiger partial charge in [-0.05, 0) is 31.2 Å². The number of rotatable bonds is 8. The maximum absolute atomic E-state index is 13.0. The summed E-state index contributed by atoms with van der Waals surface area (Å²) in [5.74, 6) is -0.784. The first kappa shape index (κ1) is 22.6. The number of Topliss-reactive ketones (excluding diaryl/α,β-unsaturated/α-hetero) is 1. The first-order valence-corrected chi connectivity index (χ1v) is 9.90. The van der Waals surface area contributed by atoms with Crippen molar-refractivity contribution in [3.05, 3.63) is 95.9 Å². The van der Waals surface area contributed by atoms with Gasteiger partial charge in [0.15, 0.2) is 17.4 Å². The molecule has 32 heavy (non-hydrogen) atoms. The molecule has 1 heterocycles. The number of hydrogen-bond donors (Lipinski definition) is 0. The summed E-state index contributed by atoms with van der Waals surface area (Å²) >= 11 is 0. The molecule has 2 aromatic carbocycles. The lowest BCUT2D eigenvalue weighted by atomic mass is 10.0. The first-order valence-electron chi connectivity index (χ1n) is 9.90. The maximum atomic E-state index is 13.0. The van der Waals surface area contributed by atoms with Gasteiger partial charge in [-0.1, -0.05) is 49.0 Å². The number of anilines is 1. The third-order valence-electron chi connectivity index (χ3n) is 4.56. The number of allylic oxidation sites excluding steroid dienone is 2. The summed E-state index contributed by atoms with van der Waals surface area (Å²) in [6.07, 6.45) is 2.91. The third kappa shape index (κ3) is 5.31. The summed E-state index contributed by atoms with van der Waals surface area (Å²) in [7, 11) is 1.82. The highest BCUT2D eigenvalue weighted by Crippen LogP contribution is 2.37. The molecule has 0 bridgehead atoms. The van der Waals surface area contributed by atoms with Crippen LogP contribution in [0.15, 0.2) is 90.4 Å². The number of para-hydroxylation sites is 2. The molecule has 7 heteroatoms. The zero-order chi connectivity index (χ0) is 23.1. The van der Waals surface area contributed by atoms with Crippen molar-refractivity contribution in [2.75, 3.05) is 25.2 Å². The van der Waals surface area contributed by atoms with E-state index in [0.29, 0.717) is 17.2 Å². The van der Waals surface area contributed by atoms with Gasteiger partial charge in [0.1, 0.15) is 18.8 Å². The van der Waals surface area contributed by atoms with E-state index in [1.807, 2.05) is 31.3 Å². The zero-order valence-corrected chi connectivity index (χ0v) is 17.9. The van der Waals surface area contributed by atoms with Gasteiger partial charge in [-0.2, -0.15) is 0 Å². The topological polar surface area (TPSA) is 82.1 Å². The molecule has 164 valence electrons. The number of esters is 2. The molecule has 0 spiro atoms. The molecule has 0 fully saturated rings. The Labute approximate surface area is 186 Å². The average Bonchev–Trinajstić information content (AvgIpc) is 3.12. The lowest BCUT2D eigenvalue weighted by Crippen LogP contribution is -2.20. The highest BCUT2D eigenvalue weighted by Gasteiger charge is 2.24. The molecule has 0 aromatic heterocycles. The van der Waals surface area contributed by atoms with E-state index < -0.39 is 17.7 Å². The highest BCUT2D eigenvalue weighted by molar-refractivity contribution is 6.24. The van der Waals surface area contributed by atoms with Gasteiger partial charge in [0, 0.05) is 18.2 Å². The summed E-state index contributed by atoms with van der Waals surface area (Å²) in [6, 6.07) is 15.9. The van der Waals surface area contributed by atoms with Gasteiger partial charge in [0.25, 0.3) is 0 Å². The van der Waals surface area contributed by atoms with Crippen molar-refractivity contribution in [2.24, 2.45) is 0 Å². The monoisotopic (exact) mass is 433 g/mol. The zero-order valence-electron chi connectivity index (χ0n) is 17.9. The Kier molecular flexibility index (Phi) is 7.23. The molecule has 2 aromatic rings. The second-order valence-corrected chi connectivity index (χ2v) is 6.96. The Morgan fingerprint density at radius 2 is 1.59 bits per heavy atom. The van der Waals surface area contributed by atoms with E-state index in [1.54, 1.807) is 41.3 Å². The fraction of sp³-hybridized carbons (Fsp3) is 0.160. The second-order valence-electron chi connectivity index (χ2n) is 6.96. The molecule has 0 radical (unpaired) electrons. The summed E-state index contributed by atoms with van der Waals surface area (Å²) < 4.78 is 15.9. The van der Waals surface area contributed by atoms with Crippen LogP contribution in [0.2, 0.25) is 0 Å². The number of fused-ring (bicyclic) bond motifs is 1. The molecule has 0 saturated heterocycles. The molecule has 3 rings (SSSR count). The maximum Gasteiger partial charge on any atom is 0.342 e. The van der Waals surface area contributed by atoms with Gasteiger partial charge in [0.2, 0.25) is 0 Å². The lowest BCUT2D eigenvalue weighted by Gasteiger charge is -2.11. The van der Waals surface area contributed by atoms with Crippen molar-refractivity contribution in [3.8, 4) is 5.75 Å². The molecule has 1 aliphatic heterocycles. The number of hydrogen-bond acceptors (Lipinski definition) is 7. The number of carbonyl (C=O) groups is 3. The van der Waals surface area contributed by atoms with Crippen LogP contribution in [-0.4, -0.2) is 38.0 Å². The molecule has 0 amide bonds. The van der Waals surface area contributed by atoms with E-state index in [4.69, 9.17) is 14.2 Å². The fourth-order valence-corrected chi connectivity index (χ4v) is 2.87. The molecule has 1 aliphatic rings. The molecule has 7 nitrogen and oxygen atoms in total. The van der Waals surface area contributed by atoms with Crippen molar-refractivity contribution in [1.82, 2.24) is 0 Å². The average molecular weight is 433 g/mol. The van der Waals surface area contributed by atoms with Crippen LogP contribution in [-0.2, 0) is 19.1 Å². The van der Waals surface area contributed by atoms with E-state index >= 15 is 0 Å². The minimum absolute atomic E-state index is 0.146. The SMILES string of the molecule is C=C(C)C(=O)OCCOC(=O)/C(=C/C=C1\Oc2ccccc2N1C)C(=O)c1ccccc1. The van der Waals surface area contributed by atoms with Crippen molar-refractivity contribution in [1.29, 1.82) is 0 Å². The summed E-state index contributed by atoms with van der Waals surface area (Å²) in [5, 5.41) is 0. The Balaban J connectivity index is 1.78. The number of ether oxygens (including phenoxy) is 3. The summed E-state index contributed by atoms with van der Waals surface area (Å²) in [5.41, 5.74) is 1.27. The Hall–Kier alpha value is -4.13. The van der Waals surface area contributed by atoms with E-state index in [2.05, 4.69) is 6.58 Å². The van der Waals surface area contributed by atoms with Crippen LogP contribution in [0.1, 0.15) is 17.3 Å². The van der Waals surface area contributed by atoms with Crippen LogP contribution in [0.25, 0.3) is 0 Å². The standard InChI is InChI=1S/C25H23NO6/c1-17(2)24(28)30-15-16-31-25(29)19(23(27)18-9-5-4-6-10-18)13-14-22-26(3)20-11-7-8-12-21(20)32-22/h4-14H,1,15-16H2,2-3H3/b19-13+,22-14-. The van der Waals surface area contributed by atoms with Gasteiger partial charge in [-0.25, -0.2) is 9.59 Å². The van der Waals surface area contributed by atoms with E-state index in [9.17, 15) is 14.4 Å². The first-order chi connectivity index (χ1) is 15.4. The van der Waals surface area contributed by atoms with Gasteiger partial charge >= 0.3 is 11.9 Å². The minimum atomic E-state index is -0.833. The van der Waals surface area contributed by atoms with E-state index in [-0.39, 0.29) is 24.4 Å². The molecule has 0 atom stereocenters. The van der Waals surface area contributed by atoms with Gasteiger partial charge < -0.3 is 19.1 Å². The van der Waals surface area contributed by atoms with Crippen LogP contribution < -0.4 is 9.64 Å². The van der Waals surface area contributed by atoms with Gasteiger partial charge in [0.05, 0.1) is 5.69 Å². The Bertz CT molecular complexity index is 1100. The number of ketones is 1. The largest absolute Gasteiger partial charge is 0.459 e. The van der Waals surface area contributed by atoms with Crippen LogP contribution in [0.3, 0.4) is 0 Å². The van der Waals surface area contributed by atoms with Crippen LogP contribution in [0.5, 0.6) is 5.75 Å². The van der Waals surface area contributed by atoms with E-state index in [1.165, 1.54) is 13.0 Å². The smallest absolute Gasteiger partial charge is 0.342 e. The molecule has 0 saturated carbocycles. The van der Waals surface area contributed by atoms with Crippen molar-refractivity contribution >= 4 is 23.4 Å². The van der Waals surface area contributed by atoms with Crippen LogP contribution in [0.4, 0.5) is 5.69 Å². The number of carbonyl (C=O) groups excluding carboxylic acids is 3.